The van der Waals surface area contributed by atoms with E-state index in [4.69, 9.17) is 9.47 Å². The Balaban J connectivity index is 1.45. The molecule has 1 aromatic heterocycles. The average Bonchev–Trinajstić information content (AvgIpc) is 3.42. The lowest BCUT2D eigenvalue weighted by Crippen LogP contribution is -2.41. The first-order valence-corrected chi connectivity index (χ1v) is 16.2. The number of alkyl carbamates (subject to hydrolysis) is 1. The first-order valence-electron chi connectivity index (χ1n) is 16.2. The molecule has 0 radical (unpaired) electrons. The normalized spacial score (nSPS) is 17.5. The Hall–Kier alpha value is -4.44. The Kier molecular flexibility index (Phi) is 8.28. The highest BCUT2D eigenvalue weighted by Gasteiger charge is 2.36. The maximum atomic E-state index is 16.3. The maximum Gasteiger partial charge on any atom is 0.407 e. The number of fused-ring (bicyclic) bond motifs is 3. The van der Waals surface area contributed by atoms with E-state index in [0.717, 1.165) is 17.3 Å². The molecule has 2 heterocycles. The van der Waals surface area contributed by atoms with Crippen LogP contribution in [0.15, 0.2) is 53.5 Å². The van der Waals surface area contributed by atoms with E-state index in [2.05, 4.69) is 10.6 Å². The molecule has 1 aliphatic heterocycles. The molecule has 2 atom stereocenters. The second-order valence-corrected chi connectivity index (χ2v) is 14.9. The molecule has 6 rings (SSSR count). The van der Waals surface area contributed by atoms with Crippen molar-refractivity contribution in [1.29, 1.82) is 0 Å². The fourth-order valence-corrected chi connectivity index (χ4v) is 7.04. The topological polar surface area (TPSA) is 102 Å². The molecule has 1 saturated carbocycles. The minimum Gasteiger partial charge on any atom is -0.452 e. The quantitative estimate of drug-likeness (QED) is 0.201. The smallest absolute Gasteiger partial charge is 0.407 e. The van der Waals surface area contributed by atoms with Gasteiger partial charge in [0.2, 0.25) is 5.43 Å². The van der Waals surface area contributed by atoms with E-state index in [-0.39, 0.29) is 34.1 Å². The molecule has 0 spiro atoms. The van der Waals surface area contributed by atoms with Crippen LogP contribution >= 0.6 is 0 Å². The number of rotatable bonds is 7. The van der Waals surface area contributed by atoms with E-state index in [9.17, 15) is 14.4 Å². The Morgan fingerprint density at radius 2 is 1.77 bits per heavy atom. The van der Waals surface area contributed by atoms with Crippen LogP contribution in [0.1, 0.15) is 75.7 Å². The lowest BCUT2D eigenvalue weighted by molar-refractivity contribution is 0.0505. The Morgan fingerprint density at radius 3 is 2.45 bits per heavy atom. The summed E-state index contributed by atoms with van der Waals surface area (Å²) in [6.07, 6.45) is 2.78. The van der Waals surface area contributed by atoms with Gasteiger partial charge in [-0.05, 0) is 94.4 Å². The van der Waals surface area contributed by atoms with Crippen LogP contribution in [0.25, 0.3) is 27.4 Å². The molecule has 2 N–H and O–H groups in total. The van der Waals surface area contributed by atoms with E-state index in [1.54, 1.807) is 31.5 Å². The summed E-state index contributed by atoms with van der Waals surface area (Å²) in [6, 6.07) is 12.7. The Morgan fingerprint density at radius 1 is 1.06 bits per heavy atom. The first-order chi connectivity index (χ1) is 22.1. The van der Waals surface area contributed by atoms with Gasteiger partial charge in [0.1, 0.15) is 22.5 Å². The van der Waals surface area contributed by atoms with Gasteiger partial charge in [0, 0.05) is 30.9 Å². The lowest BCUT2D eigenvalue weighted by atomic mass is 9.92. The molecule has 3 aromatic carbocycles. The highest BCUT2D eigenvalue weighted by molar-refractivity contribution is 6.00. The Bertz CT molecular complexity index is 1960. The van der Waals surface area contributed by atoms with Crippen molar-refractivity contribution in [2.24, 2.45) is 5.41 Å². The molecule has 9 nitrogen and oxygen atoms in total. The number of carbonyl (C=O) groups excluding carboxylic acids is 2. The number of benzene rings is 3. The summed E-state index contributed by atoms with van der Waals surface area (Å²) < 4.78 is 30.1. The van der Waals surface area contributed by atoms with Crippen LogP contribution in [-0.4, -0.2) is 60.3 Å². The number of ether oxygens (including phenoxy) is 2. The van der Waals surface area contributed by atoms with Gasteiger partial charge in [-0.25, -0.2) is 9.18 Å². The van der Waals surface area contributed by atoms with Crippen molar-refractivity contribution in [2.45, 2.75) is 71.4 Å². The van der Waals surface area contributed by atoms with Crippen LogP contribution in [0.3, 0.4) is 0 Å². The molecule has 0 bridgehead atoms. The van der Waals surface area contributed by atoms with E-state index >= 15 is 4.39 Å². The molecular formula is C37H43FN4O5. The van der Waals surface area contributed by atoms with Crippen molar-refractivity contribution in [2.75, 3.05) is 27.2 Å². The number of pyridine rings is 1. The van der Waals surface area contributed by atoms with Gasteiger partial charge in [-0.1, -0.05) is 38.1 Å². The second-order valence-electron chi connectivity index (χ2n) is 14.9. The van der Waals surface area contributed by atoms with Crippen molar-refractivity contribution in [1.82, 2.24) is 20.1 Å². The van der Waals surface area contributed by atoms with Crippen molar-refractivity contribution in [3.8, 4) is 17.2 Å². The summed E-state index contributed by atoms with van der Waals surface area (Å²) in [5.41, 5.74) is -0.0797. The van der Waals surface area contributed by atoms with Gasteiger partial charge in [0.05, 0.1) is 11.1 Å². The number of hydrogen-bond donors (Lipinski definition) is 2. The molecule has 2 aliphatic rings. The SMILES string of the molecule is CN(C)CC(C)(C)CNC(=O)c1cn2c3c(c(C4CCC(NC(=O)OC(C)(C)C)C4)c(F)cc3c1=O)Oc1cc3ccccc3cc1-2. The second kappa shape index (κ2) is 12.0. The summed E-state index contributed by atoms with van der Waals surface area (Å²) >= 11 is 0. The van der Waals surface area contributed by atoms with Crippen LogP contribution in [0.5, 0.6) is 11.5 Å². The summed E-state index contributed by atoms with van der Waals surface area (Å²) in [4.78, 5) is 42.1. The van der Waals surface area contributed by atoms with Crippen LogP contribution in [0.4, 0.5) is 9.18 Å². The van der Waals surface area contributed by atoms with Gasteiger partial charge in [-0.2, -0.15) is 0 Å². The van der Waals surface area contributed by atoms with Gasteiger partial charge in [0.25, 0.3) is 5.91 Å². The Labute approximate surface area is 274 Å². The monoisotopic (exact) mass is 642 g/mol. The molecule has 47 heavy (non-hydrogen) atoms. The van der Waals surface area contributed by atoms with Gasteiger partial charge in [0.15, 0.2) is 11.5 Å². The number of aromatic nitrogens is 1. The average molecular weight is 643 g/mol. The number of hydrogen-bond acceptors (Lipinski definition) is 6. The van der Waals surface area contributed by atoms with Crippen molar-refractivity contribution < 1.29 is 23.5 Å². The zero-order valence-corrected chi connectivity index (χ0v) is 28.1. The summed E-state index contributed by atoms with van der Waals surface area (Å²) in [5.74, 6) is -0.608. The van der Waals surface area contributed by atoms with E-state index in [0.29, 0.717) is 48.3 Å². The largest absolute Gasteiger partial charge is 0.452 e. The summed E-state index contributed by atoms with van der Waals surface area (Å²) in [5, 5.41) is 7.83. The minimum atomic E-state index is -0.635. The number of carbonyl (C=O) groups is 2. The van der Waals surface area contributed by atoms with Crippen LogP contribution in [0, 0.1) is 11.2 Å². The van der Waals surface area contributed by atoms with Crippen molar-refractivity contribution in [3.63, 3.8) is 0 Å². The van der Waals surface area contributed by atoms with Gasteiger partial charge >= 0.3 is 6.09 Å². The minimum absolute atomic E-state index is 0.0697. The zero-order chi connectivity index (χ0) is 33.8. The molecule has 248 valence electrons. The molecule has 2 amide bonds. The molecule has 1 aliphatic carbocycles. The molecule has 10 heteroatoms. The van der Waals surface area contributed by atoms with Gasteiger partial charge < -0.3 is 29.6 Å². The molecule has 2 unspecified atom stereocenters. The highest BCUT2D eigenvalue weighted by atomic mass is 19.1. The third kappa shape index (κ3) is 6.56. The van der Waals surface area contributed by atoms with E-state index in [1.165, 1.54) is 6.07 Å². The predicted octanol–water partition coefficient (Wildman–Crippen LogP) is 6.87. The fraction of sp³-hybridized carbons (Fsp3) is 0.432. The van der Waals surface area contributed by atoms with Gasteiger partial charge in [-0.3, -0.25) is 9.59 Å². The fourth-order valence-electron chi connectivity index (χ4n) is 7.04. The number of nitrogens with one attached hydrogen (secondary N) is 2. The standard InChI is InChI=1S/C37H43FN4O5/c1-36(2,3)47-35(45)40-24-13-12-23(14-24)30-27(38)17-25-31-33(30)46-29-16-22-11-9-8-10-21(22)15-28(29)42(31)18-26(32(25)43)34(44)39-19-37(4,5)20-41(6)7/h8-11,15-18,23-24H,12-14,19-20H2,1-7H3,(H,39,44)(H,40,45). The number of halogens is 1. The maximum absolute atomic E-state index is 16.3. The van der Waals surface area contributed by atoms with Gasteiger partial charge in [-0.15, -0.1) is 0 Å². The zero-order valence-electron chi connectivity index (χ0n) is 28.1. The molecule has 4 aromatic rings. The predicted molar refractivity (Wildman–Crippen MR) is 182 cm³/mol. The van der Waals surface area contributed by atoms with Crippen LogP contribution in [0.2, 0.25) is 0 Å². The third-order valence-electron chi connectivity index (χ3n) is 8.81. The van der Waals surface area contributed by atoms with Crippen molar-refractivity contribution in [3.05, 3.63) is 75.8 Å². The molecule has 0 saturated heterocycles. The summed E-state index contributed by atoms with van der Waals surface area (Å²) in [7, 11) is 3.94. The molecular weight excluding hydrogens is 599 g/mol. The number of nitrogens with zero attached hydrogens (tertiary/aromatic N) is 2. The third-order valence-corrected chi connectivity index (χ3v) is 8.81. The van der Waals surface area contributed by atoms with E-state index in [1.807, 2.05) is 69.2 Å². The van der Waals surface area contributed by atoms with Crippen LogP contribution < -0.4 is 20.8 Å². The molecule has 1 fully saturated rings. The highest BCUT2D eigenvalue weighted by Crippen LogP contribution is 2.49. The first kappa shape index (κ1) is 32.5. The van der Waals surface area contributed by atoms with Crippen molar-refractivity contribution >= 4 is 33.7 Å². The summed E-state index contributed by atoms with van der Waals surface area (Å²) in [6.45, 7) is 10.6. The van der Waals surface area contributed by atoms with Crippen LogP contribution in [-0.2, 0) is 4.74 Å². The lowest BCUT2D eigenvalue weighted by Gasteiger charge is -2.29. The van der Waals surface area contributed by atoms with E-state index < -0.39 is 28.8 Å². The number of amides is 2.